The lowest BCUT2D eigenvalue weighted by Gasteiger charge is -2.05. The largest absolute Gasteiger partial charge is 0.393 e. The third-order valence-corrected chi connectivity index (χ3v) is 5.52. The molecule has 0 amide bonds. The first kappa shape index (κ1) is 14.6. The first-order valence-electron chi connectivity index (χ1n) is 5.72. The number of hydrogen-bond donors (Lipinski definition) is 2. The van der Waals surface area contributed by atoms with Crippen molar-refractivity contribution in [2.24, 2.45) is 0 Å². The maximum atomic E-state index is 11.8. The topological polar surface area (TPSA) is 66.4 Å². The van der Waals surface area contributed by atoms with Gasteiger partial charge in [-0.05, 0) is 38.3 Å². The Hall–Kier alpha value is -0.430. The molecular formula is C11H19NO3S2. The third kappa shape index (κ3) is 4.75. The normalized spacial score (nSPS) is 13.8. The predicted molar refractivity (Wildman–Crippen MR) is 69.8 cm³/mol. The highest BCUT2D eigenvalue weighted by molar-refractivity contribution is 7.91. The quantitative estimate of drug-likeness (QED) is 0.746. The molecule has 0 fully saturated rings. The van der Waals surface area contributed by atoms with E-state index in [-0.39, 0.29) is 6.10 Å². The Morgan fingerprint density at radius 3 is 2.71 bits per heavy atom. The number of rotatable bonds is 7. The third-order valence-electron chi connectivity index (χ3n) is 2.34. The molecule has 2 N–H and O–H groups in total. The number of nitrogens with one attached hydrogen (secondary N) is 1. The summed E-state index contributed by atoms with van der Waals surface area (Å²) in [4.78, 5) is 1.06. The van der Waals surface area contributed by atoms with Gasteiger partial charge in [-0.25, -0.2) is 13.1 Å². The van der Waals surface area contributed by atoms with Gasteiger partial charge in [-0.2, -0.15) is 0 Å². The molecule has 1 atom stereocenters. The molecule has 0 aliphatic carbocycles. The Morgan fingerprint density at radius 2 is 2.18 bits per heavy atom. The van der Waals surface area contributed by atoms with Crippen LogP contribution in [0.15, 0.2) is 16.3 Å². The minimum atomic E-state index is -3.36. The maximum absolute atomic E-state index is 11.8. The monoisotopic (exact) mass is 277 g/mol. The fourth-order valence-electron chi connectivity index (χ4n) is 1.37. The minimum absolute atomic E-state index is 0.367. The average Bonchev–Trinajstić information content (AvgIpc) is 2.73. The second-order valence-electron chi connectivity index (χ2n) is 3.96. The molecule has 0 spiro atoms. The van der Waals surface area contributed by atoms with Crippen LogP contribution in [-0.4, -0.2) is 26.2 Å². The first-order chi connectivity index (χ1) is 7.95. The maximum Gasteiger partial charge on any atom is 0.250 e. The van der Waals surface area contributed by atoms with E-state index in [1.54, 1.807) is 13.0 Å². The van der Waals surface area contributed by atoms with Crippen LogP contribution in [0, 0.1) is 0 Å². The van der Waals surface area contributed by atoms with E-state index in [2.05, 4.69) is 4.72 Å². The molecule has 1 aromatic heterocycles. The van der Waals surface area contributed by atoms with E-state index < -0.39 is 10.0 Å². The molecule has 1 rings (SSSR count). The Kier molecular flexibility index (Phi) is 5.58. The van der Waals surface area contributed by atoms with Crippen molar-refractivity contribution >= 4 is 21.4 Å². The van der Waals surface area contributed by atoms with E-state index in [0.29, 0.717) is 23.6 Å². The molecule has 0 saturated heterocycles. The second-order valence-corrected chi connectivity index (χ2v) is 7.13. The van der Waals surface area contributed by atoms with Crippen LogP contribution in [0.4, 0.5) is 0 Å². The van der Waals surface area contributed by atoms with Gasteiger partial charge in [0.15, 0.2) is 0 Å². The van der Waals surface area contributed by atoms with E-state index >= 15 is 0 Å². The molecule has 0 aliphatic heterocycles. The van der Waals surface area contributed by atoms with Crippen LogP contribution < -0.4 is 4.72 Å². The van der Waals surface area contributed by atoms with Gasteiger partial charge in [-0.3, -0.25) is 0 Å². The molecule has 0 aliphatic rings. The summed E-state index contributed by atoms with van der Waals surface area (Å²) in [7, 11) is -3.36. The molecule has 1 unspecified atom stereocenters. The summed E-state index contributed by atoms with van der Waals surface area (Å²) in [5.41, 5.74) is 0. The molecule has 0 bridgehead atoms. The highest BCUT2D eigenvalue weighted by atomic mass is 32.2. The summed E-state index contributed by atoms with van der Waals surface area (Å²) in [5, 5.41) is 9.06. The van der Waals surface area contributed by atoms with Gasteiger partial charge in [0.1, 0.15) is 4.21 Å². The van der Waals surface area contributed by atoms with Crippen molar-refractivity contribution in [3.05, 3.63) is 17.0 Å². The number of aliphatic hydroxyl groups excluding tert-OH is 1. The van der Waals surface area contributed by atoms with Crippen LogP contribution >= 0.6 is 11.3 Å². The summed E-state index contributed by atoms with van der Waals surface area (Å²) in [6.07, 6.45) is 1.71. The van der Waals surface area contributed by atoms with E-state index in [0.717, 1.165) is 11.3 Å². The molecule has 1 heterocycles. The van der Waals surface area contributed by atoms with Gasteiger partial charge in [0.25, 0.3) is 0 Å². The van der Waals surface area contributed by atoms with Gasteiger partial charge < -0.3 is 5.11 Å². The number of aryl methyl sites for hydroxylation is 1. The Labute approximate surface area is 107 Å². The number of aliphatic hydroxyl groups is 1. The smallest absolute Gasteiger partial charge is 0.250 e. The molecule has 0 aromatic carbocycles. The summed E-state index contributed by atoms with van der Waals surface area (Å²) in [6, 6.07) is 3.48. The summed E-state index contributed by atoms with van der Waals surface area (Å²) >= 11 is 1.30. The number of sulfonamides is 1. The highest BCUT2D eigenvalue weighted by Gasteiger charge is 2.15. The summed E-state index contributed by atoms with van der Waals surface area (Å²) < 4.78 is 26.6. The second kappa shape index (κ2) is 6.49. The molecule has 6 heteroatoms. The Morgan fingerprint density at radius 1 is 1.47 bits per heavy atom. The predicted octanol–water partition coefficient (Wildman–Crippen LogP) is 1.75. The summed E-state index contributed by atoms with van der Waals surface area (Å²) in [5.74, 6) is 0. The zero-order chi connectivity index (χ0) is 12.9. The lowest BCUT2D eigenvalue weighted by Crippen LogP contribution is -2.24. The van der Waals surface area contributed by atoms with Gasteiger partial charge in [0.05, 0.1) is 6.10 Å². The van der Waals surface area contributed by atoms with Crippen molar-refractivity contribution in [2.45, 2.75) is 43.4 Å². The number of thiophene rings is 1. The molecule has 1 aromatic rings. The van der Waals surface area contributed by atoms with E-state index in [9.17, 15) is 8.42 Å². The van der Waals surface area contributed by atoms with Gasteiger partial charge in [-0.15, -0.1) is 11.3 Å². The SMILES string of the molecule is CCc1ccc(S(=O)(=O)NCCCC(C)O)s1. The van der Waals surface area contributed by atoms with Gasteiger partial charge >= 0.3 is 0 Å². The average molecular weight is 277 g/mol. The van der Waals surface area contributed by atoms with Crippen LogP contribution in [0.3, 0.4) is 0 Å². The molecule has 0 saturated carbocycles. The lowest BCUT2D eigenvalue weighted by atomic mass is 10.2. The van der Waals surface area contributed by atoms with E-state index in [1.165, 1.54) is 11.3 Å². The van der Waals surface area contributed by atoms with Crippen molar-refractivity contribution in [3.8, 4) is 0 Å². The minimum Gasteiger partial charge on any atom is -0.393 e. The molecular weight excluding hydrogens is 258 g/mol. The van der Waals surface area contributed by atoms with Crippen molar-refractivity contribution in [1.29, 1.82) is 0 Å². The van der Waals surface area contributed by atoms with Crippen molar-refractivity contribution in [2.75, 3.05) is 6.54 Å². The van der Waals surface area contributed by atoms with Crippen LogP contribution in [-0.2, 0) is 16.4 Å². The fraction of sp³-hybridized carbons (Fsp3) is 0.636. The van der Waals surface area contributed by atoms with Gasteiger partial charge in [0, 0.05) is 11.4 Å². The Balaban J connectivity index is 2.51. The zero-order valence-electron chi connectivity index (χ0n) is 10.1. The zero-order valence-corrected chi connectivity index (χ0v) is 11.8. The van der Waals surface area contributed by atoms with Crippen LogP contribution in [0.1, 0.15) is 31.6 Å². The lowest BCUT2D eigenvalue weighted by molar-refractivity contribution is 0.182. The van der Waals surface area contributed by atoms with Crippen molar-refractivity contribution < 1.29 is 13.5 Å². The van der Waals surface area contributed by atoms with Crippen molar-refractivity contribution in [3.63, 3.8) is 0 Å². The molecule has 98 valence electrons. The van der Waals surface area contributed by atoms with Crippen LogP contribution in [0.25, 0.3) is 0 Å². The van der Waals surface area contributed by atoms with Gasteiger partial charge in [-0.1, -0.05) is 6.92 Å². The first-order valence-corrected chi connectivity index (χ1v) is 8.02. The standard InChI is InChI=1S/C11H19NO3S2/c1-3-10-6-7-11(16-10)17(14,15)12-8-4-5-9(2)13/h6-7,9,12-13H,3-5,8H2,1-2H3. The van der Waals surface area contributed by atoms with E-state index in [1.807, 2.05) is 13.0 Å². The van der Waals surface area contributed by atoms with E-state index in [4.69, 9.17) is 5.11 Å². The molecule has 4 nitrogen and oxygen atoms in total. The van der Waals surface area contributed by atoms with Crippen LogP contribution in [0.5, 0.6) is 0 Å². The molecule has 0 radical (unpaired) electrons. The van der Waals surface area contributed by atoms with Crippen LogP contribution in [0.2, 0.25) is 0 Å². The highest BCUT2D eigenvalue weighted by Crippen LogP contribution is 2.21. The van der Waals surface area contributed by atoms with Crippen molar-refractivity contribution in [1.82, 2.24) is 4.72 Å². The molecule has 17 heavy (non-hydrogen) atoms. The van der Waals surface area contributed by atoms with Gasteiger partial charge in [0.2, 0.25) is 10.0 Å². The number of hydrogen-bond acceptors (Lipinski definition) is 4. The summed E-state index contributed by atoms with van der Waals surface area (Å²) in [6.45, 7) is 4.06. The Bertz CT molecular complexity index is 437. The fourth-order valence-corrected chi connectivity index (χ4v) is 3.78.